The lowest BCUT2D eigenvalue weighted by molar-refractivity contribution is 0.0801. The standard InChI is InChI=1S/C26H25NO4/c1-18(27-26(28)25-15-21-14-22(29-2)12-13-24(21)31-25)16-30-17-20-10-6-7-11-23(20)19-8-4-3-5-9-19/h3-15,18H,16-17H2,1-2H3,(H,27,28)/t18-/m1/s1. The van der Waals surface area contributed by atoms with E-state index < -0.39 is 0 Å². The van der Waals surface area contributed by atoms with Gasteiger partial charge >= 0.3 is 0 Å². The molecule has 0 aliphatic heterocycles. The van der Waals surface area contributed by atoms with E-state index in [4.69, 9.17) is 13.9 Å². The number of rotatable bonds is 8. The Morgan fingerprint density at radius 3 is 2.58 bits per heavy atom. The molecule has 0 radical (unpaired) electrons. The van der Waals surface area contributed by atoms with Crippen LogP contribution in [0.15, 0.2) is 83.3 Å². The van der Waals surface area contributed by atoms with Crippen LogP contribution >= 0.6 is 0 Å². The maximum atomic E-state index is 12.6. The molecular weight excluding hydrogens is 390 g/mol. The van der Waals surface area contributed by atoms with Crippen molar-refractivity contribution in [3.63, 3.8) is 0 Å². The van der Waals surface area contributed by atoms with Gasteiger partial charge in [0.25, 0.3) is 5.91 Å². The van der Waals surface area contributed by atoms with E-state index in [2.05, 4.69) is 29.6 Å². The van der Waals surface area contributed by atoms with Gasteiger partial charge in [0, 0.05) is 11.4 Å². The number of methoxy groups -OCH3 is 1. The summed E-state index contributed by atoms with van der Waals surface area (Å²) >= 11 is 0. The van der Waals surface area contributed by atoms with E-state index in [-0.39, 0.29) is 17.7 Å². The van der Waals surface area contributed by atoms with Gasteiger partial charge in [0.2, 0.25) is 0 Å². The molecule has 1 heterocycles. The van der Waals surface area contributed by atoms with Crippen LogP contribution in [0.25, 0.3) is 22.1 Å². The number of amides is 1. The summed E-state index contributed by atoms with van der Waals surface area (Å²) in [5, 5.41) is 3.75. The van der Waals surface area contributed by atoms with Crippen LogP contribution in [0, 0.1) is 0 Å². The van der Waals surface area contributed by atoms with E-state index in [1.54, 1.807) is 25.3 Å². The minimum Gasteiger partial charge on any atom is -0.497 e. The zero-order valence-corrected chi connectivity index (χ0v) is 17.6. The molecule has 158 valence electrons. The van der Waals surface area contributed by atoms with Crippen LogP contribution in [0.2, 0.25) is 0 Å². The highest BCUT2D eigenvalue weighted by Gasteiger charge is 2.15. The fraction of sp³-hybridized carbons (Fsp3) is 0.192. The monoisotopic (exact) mass is 415 g/mol. The molecule has 0 saturated heterocycles. The number of furan rings is 1. The van der Waals surface area contributed by atoms with Crippen molar-refractivity contribution in [3.05, 3.63) is 90.2 Å². The second-order valence-electron chi connectivity index (χ2n) is 7.43. The predicted octanol–water partition coefficient (Wildman–Crippen LogP) is 5.44. The molecular formula is C26H25NO4. The Hall–Kier alpha value is -3.57. The Balaban J connectivity index is 1.34. The van der Waals surface area contributed by atoms with Crippen LogP contribution in [0.5, 0.6) is 5.75 Å². The van der Waals surface area contributed by atoms with Crippen LogP contribution in [-0.2, 0) is 11.3 Å². The topological polar surface area (TPSA) is 60.7 Å². The summed E-state index contributed by atoms with van der Waals surface area (Å²) < 4.78 is 16.8. The predicted molar refractivity (Wildman–Crippen MR) is 121 cm³/mol. The van der Waals surface area contributed by atoms with Gasteiger partial charge in [-0.3, -0.25) is 4.79 Å². The van der Waals surface area contributed by atoms with E-state index in [1.807, 2.05) is 43.3 Å². The molecule has 0 saturated carbocycles. The van der Waals surface area contributed by atoms with Crippen LogP contribution in [-0.4, -0.2) is 25.7 Å². The first-order chi connectivity index (χ1) is 15.1. The normalized spacial score (nSPS) is 11.9. The van der Waals surface area contributed by atoms with Crippen LogP contribution in [0.3, 0.4) is 0 Å². The minimum atomic E-state index is -0.268. The number of nitrogens with one attached hydrogen (secondary N) is 1. The highest BCUT2D eigenvalue weighted by atomic mass is 16.5. The molecule has 4 aromatic rings. The Kier molecular flexibility index (Phi) is 6.34. The fourth-order valence-electron chi connectivity index (χ4n) is 3.49. The number of ether oxygens (including phenoxy) is 2. The van der Waals surface area contributed by atoms with Gasteiger partial charge in [0.05, 0.1) is 20.3 Å². The first-order valence-electron chi connectivity index (χ1n) is 10.2. The van der Waals surface area contributed by atoms with Gasteiger partial charge < -0.3 is 19.2 Å². The van der Waals surface area contributed by atoms with Crippen molar-refractivity contribution >= 4 is 16.9 Å². The Morgan fingerprint density at radius 1 is 1.00 bits per heavy atom. The third-order valence-corrected chi connectivity index (χ3v) is 5.05. The summed E-state index contributed by atoms with van der Waals surface area (Å²) in [4.78, 5) is 12.6. The molecule has 0 spiro atoms. The summed E-state index contributed by atoms with van der Waals surface area (Å²) in [6.07, 6.45) is 0. The van der Waals surface area contributed by atoms with Crippen molar-refractivity contribution in [3.8, 4) is 16.9 Å². The number of benzene rings is 3. The molecule has 3 aromatic carbocycles. The maximum Gasteiger partial charge on any atom is 0.287 e. The van der Waals surface area contributed by atoms with Gasteiger partial charge in [-0.25, -0.2) is 0 Å². The SMILES string of the molecule is COc1ccc2oc(C(=O)N[C@H](C)COCc3ccccc3-c3ccccc3)cc2c1. The van der Waals surface area contributed by atoms with Gasteiger partial charge in [0.15, 0.2) is 5.76 Å². The first kappa shape index (κ1) is 20.7. The molecule has 0 aliphatic carbocycles. The summed E-state index contributed by atoms with van der Waals surface area (Å²) in [7, 11) is 1.61. The lowest BCUT2D eigenvalue weighted by Crippen LogP contribution is -2.35. The molecule has 1 aromatic heterocycles. The molecule has 4 rings (SSSR count). The van der Waals surface area contributed by atoms with Crippen molar-refractivity contribution in [2.75, 3.05) is 13.7 Å². The Labute approximate surface area is 181 Å². The van der Waals surface area contributed by atoms with Gasteiger partial charge in [-0.1, -0.05) is 54.6 Å². The summed E-state index contributed by atoms with van der Waals surface area (Å²) in [5.41, 5.74) is 4.06. The van der Waals surface area contributed by atoms with E-state index in [1.165, 1.54) is 0 Å². The van der Waals surface area contributed by atoms with Crippen molar-refractivity contribution in [1.29, 1.82) is 0 Å². The van der Waals surface area contributed by atoms with Gasteiger partial charge in [-0.2, -0.15) is 0 Å². The lowest BCUT2D eigenvalue weighted by atomic mass is 10.0. The fourth-order valence-corrected chi connectivity index (χ4v) is 3.49. The molecule has 0 unspecified atom stereocenters. The van der Waals surface area contributed by atoms with Gasteiger partial charge in [0.1, 0.15) is 11.3 Å². The molecule has 0 fully saturated rings. The number of hydrogen-bond donors (Lipinski definition) is 1. The summed E-state index contributed by atoms with van der Waals surface area (Å²) in [6, 6.07) is 25.4. The van der Waals surface area contributed by atoms with Crippen molar-refractivity contribution in [2.24, 2.45) is 0 Å². The van der Waals surface area contributed by atoms with Crippen LogP contribution in [0.4, 0.5) is 0 Å². The molecule has 0 bridgehead atoms. The van der Waals surface area contributed by atoms with Crippen molar-refractivity contribution in [2.45, 2.75) is 19.6 Å². The average Bonchev–Trinajstić information content (AvgIpc) is 3.23. The summed E-state index contributed by atoms with van der Waals surface area (Å²) in [6.45, 7) is 2.77. The highest BCUT2D eigenvalue weighted by molar-refractivity contribution is 5.96. The van der Waals surface area contributed by atoms with Crippen LogP contribution < -0.4 is 10.1 Å². The van der Waals surface area contributed by atoms with E-state index in [0.29, 0.717) is 18.8 Å². The molecule has 1 N–H and O–H groups in total. The number of hydrogen-bond acceptors (Lipinski definition) is 4. The third kappa shape index (κ3) is 4.95. The van der Waals surface area contributed by atoms with E-state index in [0.717, 1.165) is 27.8 Å². The Morgan fingerprint density at radius 2 is 1.77 bits per heavy atom. The second-order valence-corrected chi connectivity index (χ2v) is 7.43. The highest BCUT2D eigenvalue weighted by Crippen LogP contribution is 2.25. The maximum absolute atomic E-state index is 12.6. The largest absolute Gasteiger partial charge is 0.497 e. The second kappa shape index (κ2) is 9.49. The molecule has 1 atom stereocenters. The number of carbonyl (C=O) groups excluding carboxylic acids is 1. The molecule has 5 nitrogen and oxygen atoms in total. The number of carbonyl (C=O) groups is 1. The van der Waals surface area contributed by atoms with Gasteiger partial charge in [-0.15, -0.1) is 0 Å². The zero-order valence-electron chi connectivity index (χ0n) is 17.6. The van der Waals surface area contributed by atoms with Crippen molar-refractivity contribution in [1.82, 2.24) is 5.32 Å². The molecule has 31 heavy (non-hydrogen) atoms. The quantitative estimate of drug-likeness (QED) is 0.416. The first-order valence-corrected chi connectivity index (χ1v) is 10.2. The van der Waals surface area contributed by atoms with Crippen LogP contribution in [0.1, 0.15) is 23.0 Å². The minimum absolute atomic E-state index is 0.167. The average molecular weight is 415 g/mol. The molecule has 5 heteroatoms. The summed E-state index contributed by atoms with van der Waals surface area (Å²) in [5.74, 6) is 0.721. The van der Waals surface area contributed by atoms with E-state index in [9.17, 15) is 4.79 Å². The number of fused-ring (bicyclic) bond motifs is 1. The van der Waals surface area contributed by atoms with E-state index >= 15 is 0 Å². The zero-order chi connectivity index (χ0) is 21.6. The van der Waals surface area contributed by atoms with Crippen molar-refractivity contribution < 1.29 is 18.7 Å². The molecule has 0 aliphatic rings. The van der Waals surface area contributed by atoms with Gasteiger partial charge in [-0.05, 0) is 47.9 Å². The lowest BCUT2D eigenvalue weighted by Gasteiger charge is -2.15. The molecule has 1 amide bonds. The smallest absolute Gasteiger partial charge is 0.287 e. The third-order valence-electron chi connectivity index (χ3n) is 5.05. The Bertz CT molecular complexity index is 1170.